The third-order valence-electron chi connectivity index (χ3n) is 10.2. The summed E-state index contributed by atoms with van der Waals surface area (Å²) >= 11 is 1.35. The van der Waals surface area contributed by atoms with Crippen LogP contribution in [0.4, 0.5) is 4.39 Å². The van der Waals surface area contributed by atoms with E-state index in [0.717, 1.165) is 79.3 Å². The van der Waals surface area contributed by atoms with E-state index in [2.05, 4.69) is 18.2 Å². The van der Waals surface area contributed by atoms with E-state index < -0.39 is 11.0 Å². The number of carbonyl (C=O) groups excluding carboxylic acids is 1. The molecule has 2 bridgehead atoms. The third kappa shape index (κ3) is 4.52. The molecule has 3 fully saturated rings. The molecule has 0 N–H and O–H groups in total. The molecule has 1 atom stereocenters. The number of nitrogens with zero attached hydrogens (tertiary/aromatic N) is 2. The Morgan fingerprint density at radius 2 is 1.80 bits per heavy atom. The molecule has 5 nitrogen and oxygen atoms in total. The van der Waals surface area contributed by atoms with Gasteiger partial charge in [-0.2, -0.15) is 5.26 Å². The van der Waals surface area contributed by atoms with Gasteiger partial charge in [0.2, 0.25) is 0 Å². The van der Waals surface area contributed by atoms with Gasteiger partial charge >= 0.3 is 5.97 Å². The number of hydrogen-bond donors (Lipinski definition) is 0. The van der Waals surface area contributed by atoms with E-state index in [9.17, 15) is 18.7 Å². The zero-order valence-electron chi connectivity index (χ0n) is 24.8. The quantitative estimate of drug-likeness (QED) is 0.201. The fourth-order valence-electron chi connectivity index (χ4n) is 7.77. The van der Waals surface area contributed by atoms with Crippen molar-refractivity contribution in [3.63, 3.8) is 0 Å². The molecule has 224 valence electrons. The van der Waals surface area contributed by atoms with Crippen LogP contribution in [0.15, 0.2) is 76.5 Å². The maximum atomic E-state index is 14.9. The molecular weight excluding hydrogens is 592 g/mol. The van der Waals surface area contributed by atoms with Crippen molar-refractivity contribution >= 4 is 44.8 Å². The first kappa shape index (κ1) is 28.9. The number of allylic oxidation sites excluding steroid dienone is 4. The van der Waals surface area contributed by atoms with Crippen LogP contribution in [0.1, 0.15) is 67.5 Å². The molecule has 8 heteroatoms. The Labute approximate surface area is 263 Å². The molecule has 2 heterocycles. The normalized spacial score (nSPS) is 23.6. The van der Waals surface area contributed by atoms with Gasteiger partial charge in [0.15, 0.2) is 11.0 Å². The van der Waals surface area contributed by atoms with Gasteiger partial charge in [-0.1, -0.05) is 35.4 Å². The van der Waals surface area contributed by atoms with Crippen molar-refractivity contribution in [3.05, 3.63) is 93.6 Å². The highest BCUT2D eigenvalue weighted by atomic mass is 32.2. The van der Waals surface area contributed by atoms with Gasteiger partial charge in [0.25, 0.3) is 0 Å². The van der Waals surface area contributed by atoms with E-state index >= 15 is 0 Å². The number of ether oxygens (including phenoxy) is 1. The summed E-state index contributed by atoms with van der Waals surface area (Å²) in [6, 6.07) is 16.5. The number of hydrogen-bond acceptors (Lipinski definition) is 5. The van der Waals surface area contributed by atoms with Crippen molar-refractivity contribution < 1.29 is 18.1 Å². The summed E-state index contributed by atoms with van der Waals surface area (Å²) in [6.07, 6.45) is 11.6. The minimum Gasteiger partial charge on any atom is -0.469 e. The van der Waals surface area contributed by atoms with E-state index in [1.165, 1.54) is 36.2 Å². The van der Waals surface area contributed by atoms with Crippen LogP contribution in [0.5, 0.6) is 0 Å². The Morgan fingerprint density at radius 1 is 1.07 bits per heavy atom. The molecule has 3 saturated carbocycles. The van der Waals surface area contributed by atoms with Crippen LogP contribution in [-0.2, 0) is 20.5 Å². The number of aryl methyl sites for hydroxylation is 1. The molecule has 2 aromatic heterocycles. The van der Waals surface area contributed by atoms with Crippen molar-refractivity contribution in [2.75, 3.05) is 7.11 Å². The molecule has 0 spiro atoms. The van der Waals surface area contributed by atoms with Gasteiger partial charge in [-0.05, 0) is 111 Å². The van der Waals surface area contributed by atoms with Crippen LogP contribution < -0.4 is 0 Å². The summed E-state index contributed by atoms with van der Waals surface area (Å²) in [4.78, 5) is 13.9. The van der Waals surface area contributed by atoms with Crippen LogP contribution in [-0.4, -0.2) is 21.3 Å². The van der Waals surface area contributed by atoms with Gasteiger partial charge in [-0.25, -0.2) is 8.60 Å². The van der Waals surface area contributed by atoms with Crippen LogP contribution in [0, 0.1) is 34.9 Å². The molecule has 44 heavy (non-hydrogen) atoms. The lowest BCUT2D eigenvalue weighted by molar-refractivity contribution is -0.161. The van der Waals surface area contributed by atoms with Crippen LogP contribution in [0.25, 0.3) is 27.6 Å². The van der Waals surface area contributed by atoms with Crippen molar-refractivity contribution in [2.45, 2.75) is 63.2 Å². The zero-order valence-corrected chi connectivity index (χ0v) is 26.5. The number of nitriles is 1. The van der Waals surface area contributed by atoms with Crippen LogP contribution in [0.2, 0.25) is 0 Å². The van der Waals surface area contributed by atoms with Gasteiger partial charge in [-0.3, -0.25) is 8.77 Å². The number of fused-ring (bicyclic) bond motifs is 4. The summed E-state index contributed by atoms with van der Waals surface area (Å²) in [5.41, 5.74) is 5.90. The number of benzene rings is 2. The van der Waals surface area contributed by atoms with Gasteiger partial charge in [-0.15, -0.1) is 11.3 Å². The SMILES string of the molecule is COC(=O)C12CCC(C3=CC(c4c(-c5ccsc5C#N)c5cc(F)ccc5n4S(=O)c4ccc(C)cc4)=CCC3)(CC1)CC2. The molecule has 2 aromatic carbocycles. The van der Waals surface area contributed by atoms with Gasteiger partial charge in [0, 0.05) is 16.5 Å². The maximum Gasteiger partial charge on any atom is 0.311 e. The van der Waals surface area contributed by atoms with E-state index in [-0.39, 0.29) is 22.6 Å². The molecule has 1 unspecified atom stereocenters. The molecule has 0 radical (unpaired) electrons. The second-order valence-corrected chi connectivity index (χ2v) is 14.7. The monoisotopic (exact) mass is 624 g/mol. The topological polar surface area (TPSA) is 72.1 Å². The highest BCUT2D eigenvalue weighted by molar-refractivity contribution is 7.83. The largest absolute Gasteiger partial charge is 0.469 e. The first-order valence-electron chi connectivity index (χ1n) is 15.1. The number of halogens is 1. The van der Waals surface area contributed by atoms with E-state index in [0.29, 0.717) is 20.7 Å². The Balaban J connectivity index is 1.43. The summed E-state index contributed by atoms with van der Waals surface area (Å²) in [7, 11) is -0.149. The Morgan fingerprint density at radius 3 is 2.48 bits per heavy atom. The van der Waals surface area contributed by atoms with E-state index in [1.54, 1.807) is 6.07 Å². The molecule has 0 saturated heterocycles. The van der Waals surface area contributed by atoms with E-state index in [4.69, 9.17) is 4.74 Å². The lowest BCUT2D eigenvalue weighted by atomic mass is 9.51. The highest BCUT2D eigenvalue weighted by Crippen LogP contribution is 2.61. The Hall–Kier alpha value is -3.80. The van der Waals surface area contributed by atoms with Gasteiger partial charge in [0.1, 0.15) is 16.8 Å². The first-order valence-corrected chi connectivity index (χ1v) is 17.1. The molecule has 0 aliphatic heterocycles. The Kier molecular flexibility index (Phi) is 7.22. The molecule has 4 aromatic rings. The standard InChI is InChI=1S/C36H33FN2O3S2/c1-23-6-9-27(10-7-23)44(41)39-30-11-8-26(37)21-29(30)32(28-12-19-43-31(28)22-38)33(39)24-4-3-5-25(20-24)35-13-16-36(17-14-35,18-15-35)34(40)42-2/h4,6-12,19-21H,3,5,13-18H2,1-2H3. The second kappa shape index (κ2) is 11.0. The molecular formula is C36H33FN2O3S2. The highest BCUT2D eigenvalue weighted by Gasteiger charge is 2.54. The van der Waals surface area contributed by atoms with E-state index in [1.807, 2.05) is 46.6 Å². The molecule has 0 amide bonds. The molecule has 4 aliphatic rings. The molecule has 4 aliphatic carbocycles. The first-order chi connectivity index (χ1) is 21.3. The maximum absolute atomic E-state index is 14.9. The molecule has 8 rings (SSSR count). The minimum atomic E-state index is -1.64. The average molecular weight is 625 g/mol. The summed E-state index contributed by atoms with van der Waals surface area (Å²) in [5.74, 6) is -0.461. The van der Waals surface area contributed by atoms with Crippen LogP contribution in [0.3, 0.4) is 0 Å². The predicted molar refractivity (Wildman–Crippen MR) is 173 cm³/mol. The second-order valence-electron chi connectivity index (χ2n) is 12.4. The fraction of sp³-hybridized carbons (Fsp3) is 0.333. The summed E-state index contributed by atoms with van der Waals surface area (Å²) in [6.45, 7) is 1.99. The lowest BCUT2D eigenvalue weighted by Crippen LogP contribution is -2.47. The number of thiophene rings is 1. The number of carbonyl (C=O) groups is 1. The van der Waals surface area contributed by atoms with Crippen molar-refractivity contribution in [2.24, 2.45) is 10.8 Å². The minimum absolute atomic E-state index is 0.0225. The fourth-order valence-corrected chi connectivity index (χ4v) is 9.74. The number of methoxy groups -OCH3 is 1. The number of rotatable bonds is 6. The zero-order chi connectivity index (χ0) is 30.6. The smallest absolute Gasteiger partial charge is 0.311 e. The third-order valence-corrected chi connectivity index (χ3v) is 12.4. The summed E-state index contributed by atoms with van der Waals surface area (Å²) < 4.78 is 36.5. The van der Waals surface area contributed by atoms with Crippen molar-refractivity contribution in [1.82, 2.24) is 3.97 Å². The van der Waals surface area contributed by atoms with Crippen molar-refractivity contribution in [1.29, 1.82) is 5.26 Å². The Bertz CT molecular complexity index is 1920. The number of aromatic nitrogens is 1. The van der Waals surface area contributed by atoms with Crippen LogP contribution >= 0.6 is 11.3 Å². The van der Waals surface area contributed by atoms with Gasteiger partial charge in [0.05, 0.1) is 28.6 Å². The lowest BCUT2D eigenvalue weighted by Gasteiger charge is -2.53. The summed E-state index contributed by atoms with van der Waals surface area (Å²) in [5, 5.41) is 12.5. The van der Waals surface area contributed by atoms with Crippen molar-refractivity contribution in [3.8, 4) is 17.2 Å². The predicted octanol–water partition coefficient (Wildman–Crippen LogP) is 8.88. The van der Waals surface area contributed by atoms with Gasteiger partial charge < -0.3 is 4.74 Å². The average Bonchev–Trinajstić information content (AvgIpc) is 3.67. The number of esters is 1.